The van der Waals surface area contributed by atoms with Crippen molar-refractivity contribution in [3.63, 3.8) is 0 Å². The summed E-state index contributed by atoms with van der Waals surface area (Å²) < 4.78 is 1.15. The van der Waals surface area contributed by atoms with Gasteiger partial charge in [-0.2, -0.15) is 0 Å². The molecular weight excluding hydrogens is 326 g/mol. The van der Waals surface area contributed by atoms with E-state index in [2.05, 4.69) is 69.3 Å². The Kier molecular flexibility index (Phi) is 7.17. The van der Waals surface area contributed by atoms with E-state index in [-0.39, 0.29) is 0 Å². The molecule has 1 aromatic carbocycles. The second-order valence-electron chi connectivity index (χ2n) is 5.99. The summed E-state index contributed by atoms with van der Waals surface area (Å²) in [6.45, 7) is 9.31. The van der Waals surface area contributed by atoms with Gasteiger partial charge in [-0.05, 0) is 44.1 Å². The van der Waals surface area contributed by atoms with Crippen LogP contribution in [0.25, 0.3) is 0 Å². The van der Waals surface area contributed by atoms with Crippen molar-refractivity contribution in [3.05, 3.63) is 34.3 Å². The maximum atomic E-state index is 3.70. The summed E-state index contributed by atoms with van der Waals surface area (Å²) in [5.41, 5.74) is 1.40. The number of nitrogens with zero attached hydrogens (tertiary/aromatic N) is 2. The predicted octanol–water partition coefficient (Wildman–Crippen LogP) is 3.13. The third-order valence-corrected chi connectivity index (χ3v) is 4.77. The van der Waals surface area contributed by atoms with Gasteiger partial charge in [0.25, 0.3) is 0 Å². The van der Waals surface area contributed by atoms with Gasteiger partial charge in [-0.3, -0.25) is 0 Å². The van der Waals surface area contributed by atoms with Gasteiger partial charge in [0, 0.05) is 43.2 Å². The highest BCUT2D eigenvalue weighted by molar-refractivity contribution is 9.10. The molecule has 118 valence electrons. The Bertz CT molecular complexity index is 399. The van der Waals surface area contributed by atoms with Gasteiger partial charge in [-0.25, -0.2) is 0 Å². The number of rotatable bonds is 7. The molecule has 0 radical (unpaired) electrons. The quantitative estimate of drug-likeness (QED) is 0.812. The molecule has 1 heterocycles. The molecule has 1 saturated heterocycles. The van der Waals surface area contributed by atoms with E-state index in [9.17, 15) is 0 Å². The largest absolute Gasteiger partial charge is 0.310 e. The second kappa shape index (κ2) is 8.89. The van der Waals surface area contributed by atoms with Crippen LogP contribution in [0, 0.1) is 0 Å². The number of piperazine rings is 1. The summed E-state index contributed by atoms with van der Waals surface area (Å²) in [6, 6.07) is 9.23. The van der Waals surface area contributed by atoms with E-state index >= 15 is 0 Å². The zero-order valence-corrected chi connectivity index (χ0v) is 14.9. The van der Waals surface area contributed by atoms with Crippen molar-refractivity contribution in [3.8, 4) is 0 Å². The average Bonchev–Trinajstić information content (AvgIpc) is 2.50. The first-order valence-corrected chi connectivity index (χ1v) is 8.88. The first kappa shape index (κ1) is 16.9. The number of hydrogen-bond donors (Lipinski definition) is 1. The maximum absolute atomic E-state index is 3.70. The van der Waals surface area contributed by atoms with Gasteiger partial charge >= 0.3 is 0 Å². The molecule has 0 amide bonds. The molecule has 2 rings (SSSR count). The minimum atomic E-state index is 0.470. The standard InChI is InChI=1S/C17H28BrN3/c1-3-9-19-17(15-4-6-16(18)7-5-15)8-10-21-13-11-20(2)12-14-21/h4-7,17,19H,3,8-14H2,1-2H3. The molecule has 1 unspecified atom stereocenters. The first-order valence-electron chi connectivity index (χ1n) is 8.08. The van der Waals surface area contributed by atoms with Crippen molar-refractivity contribution in [2.45, 2.75) is 25.8 Å². The van der Waals surface area contributed by atoms with Gasteiger partial charge in [0.2, 0.25) is 0 Å². The van der Waals surface area contributed by atoms with Crippen molar-refractivity contribution in [1.29, 1.82) is 0 Å². The molecule has 1 aliphatic rings. The fourth-order valence-corrected chi connectivity index (χ4v) is 3.05. The highest BCUT2D eigenvalue weighted by Crippen LogP contribution is 2.20. The van der Waals surface area contributed by atoms with Crippen molar-refractivity contribution < 1.29 is 0 Å². The Labute approximate surface area is 137 Å². The second-order valence-corrected chi connectivity index (χ2v) is 6.91. The van der Waals surface area contributed by atoms with Gasteiger partial charge < -0.3 is 15.1 Å². The van der Waals surface area contributed by atoms with E-state index in [4.69, 9.17) is 0 Å². The van der Waals surface area contributed by atoms with Gasteiger partial charge in [0.05, 0.1) is 0 Å². The zero-order valence-electron chi connectivity index (χ0n) is 13.3. The summed E-state index contributed by atoms with van der Waals surface area (Å²) in [6.07, 6.45) is 2.37. The number of benzene rings is 1. The van der Waals surface area contributed by atoms with E-state index in [0.717, 1.165) is 11.0 Å². The summed E-state index contributed by atoms with van der Waals surface area (Å²) >= 11 is 3.52. The van der Waals surface area contributed by atoms with Crippen molar-refractivity contribution in [2.75, 3.05) is 46.3 Å². The van der Waals surface area contributed by atoms with E-state index < -0.39 is 0 Å². The first-order chi connectivity index (χ1) is 10.2. The lowest BCUT2D eigenvalue weighted by atomic mass is 10.0. The molecule has 1 aliphatic heterocycles. The third kappa shape index (κ3) is 5.70. The van der Waals surface area contributed by atoms with Crippen LogP contribution in [0.15, 0.2) is 28.7 Å². The van der Waals surface area contributed by atoms with Crippen LogP contribution < -0.4 is 5.32 Å². The van der Waals surface area contributed by atoms with Crippen LogP contribution in [0.2, 0.25) is 0 Å². The maximum Gasteiger partial charge on any atom is 0.0332 e. The Morgan fingerprint density at radius 1 is 1.14 bits per heavy atom. The Morgan fingerprint density at radius 3 is 2.43 bits per heavy atom. The molecule has 1 fully saturated rings. The Hall–Kier alpha value is -0.420. The smallest absolute Gasteiger partial charge is 0.0332 e. The van der Waals surface area contributed by atoms with Gasteiger partial charge in [-0.15, -0.1) is 0 Å². The van der Waals surface area contributed by atoms with Crippen LogP contribution in [-0.2, 0) is 0 Å². The number of halogens is 1. The monoisotopic (exact) mass is 353 g/mol. The molecular formula is C17H28BrN3. The fraction of sp³-hybridized carbons (Fsp3) is 0.647. The van der Waals surface area contributed by atoms with Gasteiger partial charge in [0.1, 0.15) is 0 Å². The van der Waals surface area contributed by atoms with Crippen molar-refractivity contribution >= 4 is 15.9 Å². The molecule has 1 aromatic rings. The molecule has 0 bridgehead atoms. The minimum Gasteiger partial charge on any atom is -0.310 e. The minimum absolute atomic E-state index is 0.470. The predicted molar refractivity (Wildman–Crippen MR) is 93.7 cm³/mol. The summed E-state index contributed by atoms with van der Waals surface area (Å²) in [7, 11) is 2.21. The lowest BCUT2D eigenvalue weighted by molar-refractivity contribution is 0.148. The van der Waals surface area contributed by atoms with E-state index in [1.807, 2.05) is 0 Å². The Balaban J connectivity index is 1.88. The number of likely N-dealkylation sites (N-methyl/N-ethyl adjacent to an activating group) is 1. The topological polar surface area (TPSA) is 18.5 Å². The van der Waals surface area contributed by atoms with E-state index in [1.165, 1.54) is 51.1 Å². The van der Waals surface area contributed by atoms with Crippen molar-refractivity contribution in [1.82, 2.24) is 15.1 Å². The lowest BCUT2D eigenvalue weighted by Crippen LogP contribution is -2.45. The van der Waals surface area contributed by atoms with Crippen LogP contribution in [0.4, 0.5) is 0 Å². The fourth-order valence-electron chi connectivity index (χ4n) is 2.78. The molecule has 3 nitrogen and oxygen atoms in total. The van der Waals surface area contributed by atoms with Crippen LogP contribution in [0.1, 0.15) is 31.4 Å². The SMILES string of the molecule is CCCNC(CCN1CCN(C)CC1)c1ccc(Br)cc1. The highest BCUT2D eigenvalue weighted by atomic mass is 79.9. The zero-order chi connectivity index (χ0) is 15.1. The van der Waals surface area contributed by atoms with E-state index in [0.29, 0.717) is 6.04 Å². The van der Waals surface area contributed by atoms with Gasteiger partial charge in [0.15, 0.2) is 0 Å². The molecule has 21 heavy (non-hydrogen) atoms. The third-order valence-electron chi connectivity index (χ3n) is 4.24. The van der Waals surface area contributed by atoms with Crippen LogP contribution in [-0.4, -0.2) is 56.1 Å². The molecule has 0 saturated carbocycles. The summed E-state index contributed by atoms with van der Waals surface area (Å²) in [5, 5.41) is 3.70. The van der Waals surface area contributed by atoms with E-state index in [1.54, 1.807) is 0 Å². The van der Waals surface area contributed by atoms with Crippen LogP contribution >= 0.6 is 15.9 Å². The Morgan fingerprint density at radius 2 is 1.81 bits per heavy atom. The number of nitrogens with one attached hydrogen (secondary N) is 1. The van der Waals surface area contributed by atoms with Crippen molar-refractivity contribution in [2.24, 2.45) is 0 Å². The average molecular weight is 354 g/mol. The molecule has 4 heteroatoms. The lowest BCUT2D eigenvalue weighted by Gasteiger charge is -2.33. The molecule has 0 aromatic heterocycles. The summed E-state index contributed by atoms with van der Waals surface area (Å²) in [5.74, 6) is 0. The summed E-state index contributed by atoms with van der Waals surface area (Å²) in [4.78, 5) is 5.01. The highest BCUT2D eigenvalue weighted by Gasteiger charge is 2.16. The normalized spacial score (nSPS) is 18.8. The molecule has 0 aliphatic carbocycles. The van der Waals surface area contributed by atoms with Crippen LogP contribution in [0.5, 0.6) is 0 Å². The number of hydrogen-bond acceptors (Lipinski definition) is 3. The van der Waals surface area contributed by atoms with Crippen LogP contribution in [0.3, 0.4) is 0 Å². The molecule has 1 N–H and O–H groups in total. The van der Waals surface area contributed by atoms with Gasteiger partial charge in [-0.1, -0.05) is 35.0 Å². The molecule has 1 atom stereocenters. The molecule has 0 spiro atoms.